The van der Waals surface area contributed by atoms with Crippen LogP contribution < -0.4 is 16.4 Å². The third-order valence-electron chi connectivity index (χ3n) is 4.78. The largest absolute Gasteiger partial charge is 0.290 e. The molecule has 0 radical (unpaired) electrons. The van der Waals surface area contributed by atoms with E-state index < -0.39 is 5.91 Å². The van der Waals surface area contributed by atoms with Gasteiger partial charge in [0.2, 0.25) is 5.91 Å². The van der Waals surface area contributed by atoms with Crippen molar-refractivity contribution in [3.63, 3.8) is 0 Å². The normalized spacial score (nSPS) is 11.8. The molecule has 1 heterocycles. The van der Waals surface area contributed by atoms with Gasteiger partial charge in [-0.3, -0.25) is 25.2 Å². The molecule has 0 aliphatic rings. The maximum absolute atomic E-state index is 12.8. The molecule has 2 amide bonds. The maximum Gasteiger partial charge on any atom is 0.290 e. The molecule has 29 heavy (non-hydrogen) atoms. The lowest BCUT2D eigenvalue weighted by Gasteiger charge is -2.17. The van der Waals surface area contributed by atoms with Crippen molar-refractivity contribution in [3.8, 4) is 0 Å². The number of carbonyl (C=O) groups excluding carboxylic acids is 2. The van der Waals surface area contributed by atoms with Gasteiger partial charge >= 0.3 is 0 Å². The fourth-order valence-corrected chi connectivity index (χ4v) is 3.31. The number of fused-ring (bicyclic) bond motifs is 1. The van der Waals surface area contributed by atoms with E-state index in [4.69, 9.17) is 0 Å². The molecule has 3 rings (SSSR count). The highest BCUT2D eigenvalue weighted by Gasteiger charge is 2.21. The second-order valence-corrected chi connectivity index (χ2v) is 6.71. The fraction of sp³-hybridized carbons (Fsp3) is 0.273. The summed E-state index contributed by atoms with van der Waals surface area (Å²) in [5.74, 6) is -1.23. The van der Waals surface area contributed by atoms with E-state index in [2.05, 4.69) is 16.0 Å². The first-order valence-electron chi connectivity index (χ1n) is 9.71. The van der Waals surface area contributed by atoms with Crippen LogP contribution in [0.25, 0.3) is 10.8 Å². The van der Waals surface area contributed by atoms with Gasteiger partial charge in [-0.15, -0.1) is 0 Å². The summed E-state index contributed by atoms with van der Waals surface area (Å²) in [6.45, 7) is 4.12. The Morgan fingerprint density at radius 3 is 2.28 bits per heavy atom. The van der Waals surface area contributed by atoms with Gasteiger partial charge in [-0.25, -0.2) is 4.68 Å². The highest BCUT2D eigenvalue weighted by molar-refractivity contribution is 6.05. The van der Waals surface area contributed by atoms with Crippen LogP contribution >= 0.6 is 0 Å². The fourth-order valence-electron chi connectivity index (χ4n) is 3.31. The minimum Gasteiger partial charge on any atom is -0.273 e. The number of benzene rings is 2. The third kappa shape index (κ3) is 4.34. The molecule has 7 heteroatoms. The number of hydrazine groups is 1. The molecular formula is C22H24N4O3. The van der Waals surface area contributed by atoms with E-state index in [1.807, 2.05) is 37.3 Å². The number of carbonyl (C=O) groups is 2. The molecule has 0 fully saturated rings. The first-order valence-corrected chi connectivity index (χ1v) is 9.71. The molecule has 3 aromatic rings. The Morgan fingerprint density at radius 1 is 0.966 bits per heavy atom. The van der Waals surface area contributed by atoms with Crippen LogP contribution in [0.1, 0.15) is 48.7 Å². The molecule has 150 valence electrons. The summed E-state index contributed by atoms with van der Waals surface area (Å²) in [6, 6.07) is 16.3. The zero-order chi connectivity index (χ0) is 20.8. The summed E-state index contributed by atoms with van der Waals surface area (Å²) in [4.78, 5) is 37.9. The van der Waals surface area contributed by atoms with Gasteiger partial charge in [0.15, 0.2) is 5.69 Å². The topological polar surface area (TPSA) is 93.1 Å². The molecule has 0 saturated carbocycles. The van der Waals surface area contributed by atoms with Crippen LogP contribution in [-0.4, -0.2) is 21.6 Å². The van der Waals surface area contributed by atoms with Gasteiger partial charge in [0.05, 0.1) is 11.3 Å². The molecule has 0 bridgehead atoms. The lowest BCUT2D eigenvalue weighted by molar-refractivity contribution is -0.123. The molecule has 7 nitrogen and oxygen atoms in total. The maximum atomic E-state index is 12.8. The van der Waals surface area contributed by atoms with Crippen LogP contribution in [-0.2, 0) is 11.3 Å². The lowest BCUT2D eigenvalue weighted by atomic mass is 9.94. The van der Waals surface area contributed by atoms with Gasteiger partial charge in [-0.2, -0.15) is 5.10 Å². The third-order valence-corrected chi connectivity index (χ3v) is 4.78. The van der Waals surface area contributed by atoms with Crippen molar-refractivity contribution in [3.05, 3.63) is 76.2 Å². The Morgan fingerprint density at radius 2 is 1.62 bits per heavy atom. The van der Waals surface area contributed by atoms with E-state index in [1.165, 1.54) is 4.68 Å². The Kier molecular flexibility index (Phi) is 6.39. The molecule has 0 aliphatic carbocycles. The van der Waals surface area contributed by atoms with Gasteiger partial charge in [-0.1, -0.05) is 61.9 Å². The van der Waals surface area contributed by atoms with Crippen LogP contribution in [0.3, 0.4) is 0 Å². The molecule has 0 unspecified atom stereocenters. The van der Waals surface area contributed by atoms with Crippen molar-refractivity contribution < 1.29 is 9.59 Å². The van der Waals surface area contributed by atoms with E-state index in [-0.39, 0.29) is 23.1 Å². The Labute approximate surface area is 168 Å². The molecule has 0 spiro atoms. The smallest absolute Gasteiger partial charge is 0.273 e. The van der Waals surface area contributed by atoms with E-state index in [0.29, 0.717) is 23.7 Å². The molecule has 0 aliphatic heterocycles. The second kappa shape index (κ2) is 9.14. The standard InChI is InChI=1S/C22H24N4O3/c1-3-10-16(15-11-6-5-7-12-15)20(27)23-24-21(28)19-17-13-8-9-14-18(17)22(29)26(4-2)25-19/h5-9,11-14,16H,3-4,10H2,1-2H3,(H,23,27)(H,24,28)/t16-/m1/s1. The Bertz CT molecular complexity index is 1080. The quantitative estimate of drug-likeness (QED) is 0.631. The average molecular weight is 392 g/mol. The van der Waals surface area contributed by atoms with Gasteiger partial charge in [-0.05, 0) is 25.0 Å². The number of amides is 2. The van der Waals surface area contributed by atoms with Crippen molar-refractivity contribution in [2.45, 2.75) is 39.2 Å². The summed E-state index contributed by atoms with van der Waals surface area (Å²) in [5.41, 5.74) is 5.70. The number of aryl methyl sites for hydroxylation is 1. The minimum atomic E-state index is -0.569. The highest BCUT2D eigenvalue weighted by atomic mass is 16.2. The molecule has 1 atom stereocenters. The van der Waals surface area contributed by atoms with Crippen molar-refractivity contribution in [1.29, 1.82) is 0 Å². The van der Waals surface area contributed by atoms with E-state index in [0.717, 1.165) is 12.0 Å². The molecule has 2 N–H and O–H groups in total. The summed E-state index contributed by atoms with van der Waals surface area (Å²) in [6.07, 6.45) is 1.49. The predicted octanol–water partition coefficient (Wildman–Crippen LogP) is 2.76. The van der Waals surface area contributed by atoms with Crippen molar-refractivity contribution >= 4 is 22.6 Å². The molecular weight excluding hydrogens is 368 g/mol. The monoisotopic (exact) mass is 392 g/mol. The first-order chi connectivity index (χ1) is 14.1. The van der Waals surface area contributed by atoms with Crippen LogP contribution in [0.5, 0.6) is 0 Å². The van der Waals surface area contributed by atoms with Crippen LogP contribution in [0.4, 0.5) is 0 Å². The zero-order valence-corrected chi connectivity index (χ0v) is 16.5. The Balaban J connectivity index is 1.83. The number of nitrogens with one attached hydrogen (secondary N) is 2. The van der Waals surface area contributed by atoms with Gasteiger partial charge in [0.1, 0.15) is 0 Å². The number of nitrogens with zero attached hydrogens (tertiary/aromatic N) is 2. The van der Waals surface area contributed by atoms with Gasteiger partial charge in [0.25, 0.3) is 11.5 Å². The first kappa shape index (κ1) is 20.3. The van der Waals surface area contributed by atoms with Crippen LogP contribution in [0.15, 0.2) is 59.4 Å². The van der Waals surface area contributed by atoms with Crippen molar-refractivity contribution in [2.75, 3.05) is 0 Å². The van der Waals surface area contributed by atoms with Crippen molar-refractivity contribution in [1.82, 2.24) is 20.6 Å². The number of hydrogen-bond donors (Lipinski definition) is 2. The van der Waals surface area contributed by atoms with Gasteiger partial charge in [0, 0.05) is 11.9 Å². The summed E-state index contributed by atoms with van der Waals surface area (Å²) in [7, 11) is 0. The summed E-state index contributed by atoms with van der Waals surface area (Å²) >= 11 is 0. The lowest BCUT2D eigenvalue weighted by Crippen LogP contribution is -2.44. The van der Waals surface area contributed by atoms with Crippen molar-refractivity contribution in [2.24, 2.45) is 0 Å². The second-order valence-electron chi connectivity index (χ2n) is 6.71. The number of aromatic nitrogens is 2. The molecule has 1 aromatic heterocycles. The van der Waals surface area contributed by atoms with Crippen LogP contribution in [0.2, 0.25) is 0 Å². The Hall–Kier alpha value is -3.48. The SMILES string of the molecule is CCC[C@@H](C(=O)NNC(=O)c1nn(CC)c(=O)c2ccccc12)c1ccccc1. The zero-order valence-electron chi connectivity index (χ0n) is 16.5. The highest BCUT2D eigenvalue weighted by Crippen LogP contribution is 2.21. The number of hydrogen-bond acceptors (Lipinski definition) is 4. The van der Waals surface area contributed by atoms with Crippen LogP contribution in [0, 0.1) is 0 Å². The average Bonchev–Trinajstić information content (AvgIpc) is 2.76. The van der Waals surface area contributed by atoms with E-state index in [1.54, 1.807) is 31.2 Å². The molecule has 2 aromatic carbocycles. The predicted molar refractivity (Wildman–Crippen MR) is 111 cm³/mol. The minimum absolute atomic E-state index is 0.0918. The molecule has 0 saturated heterocycles. The van der Waals surface area contributed by atoms with E-state index in [9.17, 15) is 14.4 Å². The number of rotatable bonds is 6. The van der Waals surface area contributed by atoms with E-state index >= 15 is 0 Å². The summed E-state index contributed by atoms with van der Waals surface area (Å²) in [5, 5.41) is 5.03. The van der Waals surface area contributed by atoms with Gasteiger partial charge < -0.3 is 0 Å². The summed E-state index contributed by atoms with van der Waals surface area (Å²) < 4.78 is 1.24.